The summed E-state index contributed by atoms with van der Waals surface area (Å²) in [6, 6.07) is 9.29. The Labute approximate surface area is 245 Å². The Bertz CT molecular complexity index is 1370. The van der Waals surface area contributed by atoms with Crippen molar-refractivity contribution >= 4 is 45.8 Å². The Morgan fingerprint density at radius 2 is 2.00 bits per heavy atom. The first-order valence-corrected chi connectivity index (χ1v) is 14.0. The zero-order valence-electron chi connectivity index (χ0n) is 24.1. The predicted molar refractivity (Wildman–Crippen MR) is 160 cm³/mol. The lowest BCUT2D eigenvalue weighted by Crippen LogP contribution is -2.46. The van der Waals surface area contributed by atoms with Gasteiger partial charge in [0, 0.05) is 41.8 Å². The minimum atomic E-state index is -0.213. The van der Waals surface area contributed by atoms with Crippen LogP contribution >= 0.6 is 11.6 Å². The van der Waals surface area contributed by atoms with E-state index in [0.29, 0.717) is 47.2 Å². The van der Waals surface area contributed by atoms with E-state index in [0.717, 1.165) is 29.7 Å². The Kier molecular flexibility index (Phi) is 10.6. The maximum atomic E-state index is 13.2. The van der Waals surface area contributed by atoms with E-state index in [2.05, 4.69) is 25.5 Å². The summed E-state index contributed by atoms with van der Waals surface area (Å²) in [4.78, 5) is 40.6. The smallest absolute Gasteiger partial charge is 0.239 e. The van der Waals surface area contributed by atoms with Crippen LogP contribution in [0.25, 0.3) is 10.9 Å². The highest BCUT2D eigenvalue weighted by molar-refractivity contribution is 6.30. The van der Waals surface area contributed by atoms with Crippen molar-refractivity contribution in [3.63, 3.8) is 0 Å². The van der Waals surface area contributed by atoms with Crippen molar-refractivity contribution in [2.24, 2.45) is 0 Å². The van der Waals surface area contributed by atoms with Crippen molar-refractivity contribution < 1.29 is 19.1 Å². The molecule has 4 rings (SSSR count). The second-order valence-electron chi connectivity index (χ2n) is 10.3. The van der Waals surface area contributed by atoms with Gasteiger partial charge in [-0.1, -0.05) is 17.7 Å². The number of aryl methyl sites for hydroxylation is 1. The number of methoxy groups -OCH3 is 1. The summed E-state index contributed by atoms with van der Waals surface area (Å²) >= 11 is 6.33. The number of fused-ring (bicyclic) bond motifs is 2. The first-order valence-electron chi connectivity index (χ1n) is 13.6. The Morgan fingerprint density at radius 3 is 2.78 bits per heavy atom. The molecule has 2 aromatic carbocycles. The van der Waals surface area contributed by atoms with Crippen LogP contribution in [-0.4, -0.2) is 111 Å². The zero-order chi connectivity index (χ0) is 29.4. The van der Waals surface area contributed by atoms with Crippen molar-refractivity contribution in [1.82, 2.24) is 30.0 Å². The van der Waals surface area contributed by atoms with E-state index in [1.165, 1.54) is 6.33 Å². The number of halogens is 1. The largest absolute Gasteiger partial charge is 0.493 e. The summed E-state index contributed by atoms with van der Waals surface area (Å²) in [6.07, 6.45) is 2.90. The lowest BCUT2D eigenvalue weighted by molar-refractivity contribution is -0.137. The van der Waals surface area contributed by atoms with E-state index in [-0.39, 0.29) is 38.1 Å². The minimum absolute atomic E-state index is 0.0513. The van der Waals surface area contributed by atoms with Gasteiger partial charge in [-0.15, -0.1) is 0 Å². The maximum Gasteiger partial charge on any atom is 0.239 e. The zero-order valence-corrected chi connectivity index (χ0v) is 24.8. The van der Waals surface area contributed by atoms with E-state index < -0.39 is 0 Å². The van der Waals surface area contributed by atoms with Crippen LogP contribution in [0.1, 0.15) is 12.0 Å². The second-order valence-corrected chi connectivity index (χ2v) is 10.8. The third-order valence-electron chi connectivity index (χ3n) is 6.83. The summed E-state index contributed by atoms with van der Waals surface area (Å²) in [5.41, 5.74) is 2.53. The molecule has 0 aliphatic carbocycles. The van der Waals surface area contributed by atoms with Crippen molar-refractivity contribution in [2.75, 3.05) is 79.4 Å². The maximum absolute atomic E-state index is 13.2. The summed E-state index contributed by atoms with van der Waals surface area (Å²) in [6.45, 7) is 2.57. The van der Waals surface area contributed by atoms with Gasteiger partial charge in [0.25, 0.3) is 0 Å². The molecule has 0 fully saturated rings. The molecule has 2 heterocycles. The molecular formula is C29H38ClN7O4. The summed E-state index contributed by atoms with van der Waals surface area (Å²) in [7, 11) is 7.44. The van der Waals surface area contributed by atoms with Crippen LogP contribution in [0.2, 0.25) is 5.02 Å². The van der Waals surface area contributed by atoms with Gasteiger partial charge < -0.3 is 29.9 Å². The molecule has 1 aliphatic rings. The van der Waals surface area contributed by atoms with Gasteiger partial charge in [0.1, 0.15) is 18.8 Å². The average Bonchev–Trinajstić information content (AvgIpc) is 2.94. The monoisotopic (exact) mass is 583 g/mol. The van der Waals surface area contributed by atoms with Gasteiger partial charge in [-0.2, -0.15) is 0 Å². The number of hydrogen-bond donors (Lipinski definition) is 2. The van der Waals surface area contributed by atoms with Crippen LogP contribution in [-0.2, 0) is 16.0 Å². The third kappa shape index (κ3) is 8.42. The fraction of sp³-hybridized carbons (Fsp3) is 0.448. The summed E-state index contributed by atoms with van der Waals surface area (Å²) < 4.78 is 11.7. The number of hydrogen-bond acceptors (Lipinski definition) is 9. The minimum Gasteiger partial charge on any atom is -0.493 e. The van der Waals surface area contributed by atoms with Gasteiger partial charge >= 0.3 is 0 Å². The first-order chi connectivity index (χ1) is 19.7. The predicted octanol–water partition coefficient (Wildman–Crippen LogP) is 2.80. The molecule has 3 aromatic rings. The van der Waals surface area contributed by atoms with Crippen LogP contribution in [0.3, 0.4) is 0 Å². The molecule has 0 unspecified atom stereocenters. The van der Waals surface area contributed by atoms with E-state index in [4.69, 9.17) is 21.1 Å². The van der Waals surface area contributed by atoms with Crippen LogP contribution in [0.15, 0.2) is 36.7 Å². The molecule has 41 heavy (non-hydrogen) atoms. The van der Waals surface area contributed by atoms with Crippen molar-refractivity contribution in [3.05, 3.63) is 47.2 Å². The Balaban J connectivity index is 1.63. The highest BCUT2D eigenvalue weighted by Crippen LogP contribution is 2.35. The third-order valence-corrected chi connectivity index (χ3v) is 7.07. The lowest BCUT2D eigenvalue weighted by Gasteiger charge is -2.26. The van der Waals surface area contributed by atoms with E-state index in [9.17, 15) is 9.59 Å². The van der Waals surface area contributed by atoms with Crippen LogP contribution in [0, 0.1) is 0 Å². The van der Waals surface area contributed by atoms with E-state index >= 15 is 0 Å². The number of nitrogens with zero attached hydrogens (tertiary/aromatic N) is 5. The average molecular weight is 584 g/mol. The molecule has 1 aromatic heterocycles. The van der Waals surface area contributed by atoms with Gasteiger partial charge in [0.15, 0.2) is 11.5 Å². The second kappa shape index (κ2) is 14.3. The standard InChI is InChI=1S/C29H38ClN7O4/c1-35(2)10-11-36(3)18-28(39)37-12-13-41-26-15-22-24(16-25(26)40-4)32-19-33-29(22)34-23-14-21(30)8-7-20(23)6-5-9-31-27(38)17-37/h7-8,14-16,19H,5-6,9-13,17-18H2,1-4H3,(H,31,38)(H,32,33,34). The Morgan fingerprint density at radius 1 is 1.17 bits per heavy atom. The molecule has 0 radical (unpaired) electrons. The molecule has 1 aliphatic heterocycles. The highest BCUT2D eigenvalue weighted by Gasteiger charge is 2.20. The van der Waals surface area contributed by atoms with Gasteiger partial charge in [0.2, 0.25) is 11.8 Å². The quantitative estimate of drug-likeness (QED) is 0.452. The first kappa shape index (κ1) is 30.3. The molecule has 0 spiro atoms. The van der Waals surface area contributed by atoms with Crippen LogP contribution in [0.4, 0.5) is 11.5 Å². The van der Waals surface area contributed by atoms with Gasteiger partial charge in [-0.25, -0.2) is 9.97 Å². The fourth-order valence-electron chi connectivity index (χ4n) is 4.52. The number of carbonyl (C=O) groups excluding carboxylic acids is 2. The number of amides is 2. The number of aromatic nitrogens is 2. The number of likely N-dealkylation sites (N-methyl/N-ethyl adjacent to an activating group) is 2. The molecule has 12 heteroatoms. The number of benzene rings is 2. The van der Waals surface area contributed by atoms with Gasteiger partial charge in [0.05, 0.1) is 32.3 Å². The summed E-state index contributed by atoms with van der Waals surface area (Å²) in [5.74, 6) is 1.23. The molecule has 11 nitrogen and oxygen atoms in total. The number of carbonyl (C=O) groups is 2. The van der Waals surface area contributed by atoms with Crippen molar-refractivity contribution in [3.8, 4) is 11.5 Å². The van der Waals surface area contributed by atoms with Gasteiger partial charge in [-0.05, 0) is 57.7 Å². The molecule has 2 N–H and O–H groups in total. The van der Waals surface area contributed by atoms with Gasteiger partial charge in [-0.3, -0.25) is 14.5 Å². The number of ether oxygens (including phenoxy) is 2. The Hall–Kier alpha value is -3.67. The van der Waals surface area contributed by atoms with Crippen LogP contribution < -0.4 is 20.1 Å². The molecule has 2 bridgehead atoms. The van der Waals surface area contributed by atoms with Crippen LogP contribution in [0.5, 0.6) is 11.5 Å². The van der Waals surface area contributed by atoms with E-state index in [1.807, 2.05) is 50.3 Å². The molecule has 0 saturated heterocycles. The normalized spacial score (nSPS) is 14.8. The highest BCUT2D eigenvalue weighted by atomic mass is 35.5. The topological polar surface area (TPSA) is 112 Å². The molecular weight excluding hydrogens is 546 g/mol. The number of anilines is 2. The van der Waals surface area contributed by atoms with Crippen molar-refractivity contribution in [1.29, 1.82) is 0 Å². The number of rotatable bonds is 6. The molecule has 0 saturated carbocycles. The fourth-order valence-corrected chi connectivity index (χ4v) is 4.69. The summed E-state index contributed by atoms with van der Waals surface area (Å²) in [5, 5.41) is 7.71. The van der Waals surface area contributed by atoms with Crippen molar-refractivity contribution in [2.45, 2.75) is 12.8 Å². The number of nitrogens with one attached hydrogen (secondary N) is 2. The SMILES string of the molecule is COc1cc2ncnc3c2cc1OCCN(C(=O)CN(C)CCN(C)C)CC(=O)NCCCc1ccc(Cl)cc1N3. The molecule has 0 atom stereocenters. The molecule has 2 amide bonds. The van der Waals surface area contributed by atoms with E-state index in [1.54, 1.807) is 18.1 Å². The molecule has 220 valence electrons. The lowest BCUT2D eigenvalue weighted by atomic mass is 10.1.